The van der Waals surface area contributed by atoms with E-state index in [0.29, 0.717) is 19.0 Å². The molecule has 1 saturated carbocycles. The maximum absolute atomic E-state index is 12.1. The van der Waals surface area contributed by atoms with Gasteiger partial charge in [0.1, 0.15) is 5.60 Å². The van der Waals surface area contributed by atoms with Gasteiger partial charge in [0.2, 0.25) is 0 Å². The number of hydrogen-bond donors (Lipinski definition) is 0. The van der Waals surface area contributed by atoms with Crippen LogP contribution in [0.1, 0.15) is 52.9 Å². The highest BCUT2D eigenvalue weighted by Gasteiger charge is 2.29. The second-order valence-electron chi connectivity index (χ2n) is 5.57. The zero-order chi connectivity index (χ0) is 12.9. The molecule has 0 aliphatic heterocycles. The lowest BCUT2D eigenvalue weighted by Crippen LogP contribution is -2.42. The quantitative estimate of drug-likeness (QED) is 0.705. The molecule has 1 amide bonds. The normalized spacial score (nSPS) is 16.6. The first-order valence-electron chi connectivity index (χ1n) is 6.37. The molecule has 1 aliphatic rings. The number of carbonyl (C=O) groups is 1. The van der Waals surface area contributed by atoms with Gasteiger partial charge in [-0.3, -0.25) is 0 Å². The molecule has 0 atom stereocenters. The van der Waals surface area contributed by atoms with Gasteiger partial charge in [-0.25, -0.2) is 4.79 Å². The molecule has 0 aromatic carbocycles. The molecule has 96 valence electrons. The van der Waals surface area contributed by atoms with Crippen molar-refractivity contribution in [2.45, 2.75) is 64.5 Å². The topological polar surface area (TPSA) is 29.5 Å². The molecular formula is C14H23NO2. The van der Waals surface area contributed by atoms with Crippen LogP contribution in [-0.4, -0.2) is 29.2 Å². The minimum atomic E-state index is -0.440. The van der Waals surface area contributed by atoms with Crippen LogP contribution in [-0.2, 0) is 4.74 Å². The van der Waals surface area contributed by atoms with E-state index in [1.54, 1.807) is 0 Å². The lowest BCUT2D eigenvalue weighted by atomic mass is 10.2. The van der Waals surface area contributed by atoms with Crippen molar-refractivity contribution in [2.75, 3.05) is 6.54 Å². The lowest BCUT2D eigenvalue weighted by molar-refractivity contribution is 0.0171. The minimum absolute atomic E-state index is 0.223. The first kappa shape index (κ1) is 13.9. The Hall–Kier alpha value is -1.17. The summed E-state index contributed by atoms with van der Waals surface area (Å²) in [7, 11) is 0. The number of nitrogens with zero attached hydrogens (tertiary/aromatic N) is 1. The summed E-state index contributed by atoms with van der Waals surface area (Å²) in [5.41, 5.74) is -0.440. The summed E-state index contributed by atoms with van der Waals surface area (Å²) >= 11 is 0. The summed E-state index contributed by atoms with van der Waals surface area (Å²) in [5.74, 6) is 2.59. The third-order valence-electron chi connectivity index (χ3n) is 2.89. The molecule has 0 aromatic rings. The zero-order valence-electron chi connectivity index (χ0n) is 11.2. The summed E-state index contributed by atoms with van der Waals surface area (Å²) in [6, 6.07) is 0.318. The molecule has 0 heterocycles. The number of carbonyl (C=O) groups excluding carboxylic acids is 1. The van der Waals surface area contributed by atoms with Crippen LogP contribution in [0.5, 0.6) is 0 Å². The average molecular weight is 237 g/mol. The SMILES string of the molecule is C#CCCN(C(=O)OC(C)(C)C)C1CCCC1. The summed E-state index contributed by atoms with van der Waals surface area (Å²) in [5, 5.41) is 0. The predicted molar refractivity (Wildman–Crippen MR) is 68.6 cm³/mol. The van der Waals surface area contributed by atoms with Gasteiger partial charge >= 0.3 is 6.09 Å². The Bertz CT molecular complexity index is 292. The maximum atomic E-state index is 12.1. The number of amides is 1. The van der Waals surface area contributed by atoms with E-state index in [1.165, 1.54) is 12.8 Å². The van der Waals surface area contributed by atoms with Crippen molar-refractivity contribution in [3.63, 3.8) is 0 Å². The molecule has 0 saturated heterocycles. The molecule has 1 aliphatic carbocycles. The van der Waals surface area contributed by atoms with Gasteiger partial charge in [0.05, 0.1) is 0 Å². The Kier molecular flexibility index (Phi) is 4.86. The summed E-state index contributed by atoms with van der Waals surface area (Å²) in [6.45, 7) is 6.27. The third-order valence-corrected chi connectivity index (χ3v) is 2.89. The van der Waals surface area contributed by atoms with Gasteiger partial charge < -0.3 is 9.64 Å². The highest BCUT2D eigenvalue weighted by atomic mass is 16.6. The van der Waals surface area contributed by atoms with Crippen LogP contribution in [0.4, 0.5) is 4.79 Å². The lowest BCUT2D eigenvalue weighted by Gasteiger charge is -2.31. The van der Waals surface area contributed by atoms with Crippen molar-refractivity contribution < 1.29 is 9.53 Å². The molecule has 0 spiro atoms. The molecule has 0 N–H and O–H groups in total. The van der Waals surface area contributed by atoms with E-state index < -0.39 is 5.60 Å². The van der Waals surface area contributed by atoms with Crippen molar-refractivity contribution in [2.24, 2.45) is 0 Å². The largest absolute Gasteiger partial charge is 0.444 e. The molecule has 0 radical (unpaired) electrons. The predicted octanol–water partition coefficient (Wildman–Crippen LogP) is 3.19. The Balaban J connectivity index is 2.61. The highest BCUT2D eigenvalue weighted by molar-refractivity contribution is 5.68. The zero-order valence-corrected chi connectivity index (χ0v) is 11.2. The van der Waals surface area contributed by atoms with E-state index in [2.05, 4.69) is 5.92 Å². The van der Waals surface area contributed by atoms with Crippen LogP contribution >= 0.6 is 0 Å². The Labute approximate surface area is 105 Å². The van der Waals surface area contributed by atoms with Crippen LogP contribution in [0.25, 0.3) is 0 Å². The van der Waals surface area contributed by atoms with E-state index >= 15 is 0 Å². The molecule has 0 aromatic heterocycles. The van der Waals surface area contributed by atoms with Crippen molar-refractivity contribution in [1.29, 1.82) is 0 Å². The van der Waals surface area contributed by atoms with Gasteiger partial charge in [0.25, 0.3) is 0 Å². The minimum Gasteiger partial charge on any atom is -0.444 e. The van der Waals surface area contributed by atoms with E-state index in [9.17, 15) is 4.79 Å². The molecule has 0 unspecified atom stereocenters. The van der Waals surface area contributed by atoms with E-state index in [0.717, 1.165) is 12.8 Å². The second kappa shape index (κ2) is 5.95. The smallest absolute Gasteiger partial charge is 0.410 e. The molecule has 0 bridgehead atoms. The van der Waals surface area contributed by atoms with Crippen LogP contribution in [0.15, 0.2) is 0 Å². The van der Waals surface area contributed by atoms with Crippen LogP contribution in [0.2, 0.25) is 0 Å². The molecule has 1 rings (SSSR count). The molecule has 1 fully saturated rings. The van der Waals surface area contributed by atoms with E-state index in [1.807, 2.05) is 25.7 Å². The standard InChI is InChI=1S/C14H23NO2/c1-5-6-11-15(12-9-7-8-10-12)13(16)17-14(2,3)4/h1,12H,6-11H2,2-4H3. The van der Waals surface area contributed by atoms with E-state index in [-0.39, 0.29) is 6.09 Å². The van der Waals surface area contributed by atoms with Crippen LogP contribution in [0.3, 0.4) is 0 Å². The third kappa shape index (κ3) is 4.68. The van der Waals surface area contributed by atoms with Crippen molar-refractivity contribution in [1.82, 2.24) is 4.90 Å². The average Bonchev–Trinajstić information content (AvgIpc) is 2.68. The Morgan fingerprint density at radius 2 is 2.00 bits per heavy atom. The summed E-state index contributed by atoms with van der Waals surface area (Å²) in [4.78, 5) is 13.9. The maximum Gasteiger partial charge on any atom is 0.410 e. The molecule has 3 nitrogen and oxygen atoms in total. The van der Waals surface area contributed by atoms with Gasteiger partial charge in [-0.15, -0.1) is 12.3 Å². The first-order chi connectivity index (χ1) is 7.94. The molecule has 17 heavy (non-hydrogen) atoms. The van der Waals surface area contributed by atoms with Crippen molar-refractivity contribution in [3.05, 3.63) is 0 Å². The fraction of sp³-hybridized carbons (Fsp3) is 0.786. The second-order valence-corrected chi connectivity index (χ2v) is 5.57. The van der Waals surface area contributed by atoms with Gasteiger partial charge in [-0.2, -0.15) is 0 Å². The number of rotatable bonds is 3. The number of hydrogen-bond acceptors (Lipinski definition) is 2. The van der Waals surface area contributed by atoms with Gasteiger partial charge in [0.15, 0.2) is 0 Å². The van der Waals surface area contributed by atoms with Crippen LogP contribution < -0.4 is 0 Å². The highest BCUT2D eigenvalue weighted by Crippen LogP contribution is 2.25. The van der Waals surface area contributed by atoms with Gasteiger partial charge in [-0.05, 0) is 33.6 Å². The summed E-state index contributed by atoms with van der Waals surface area (Å²) in [6.07, 6.45) is 10.2. The van der Waals surface area contributed by atoms with Gasteiger partial charge in [-0.1, -0.05) is 12.8 Å². The fourth-order valence-electron chi connectivity index (χ4n) is 2.14. The monoisotopic (exact) mass is 237 g/mol. The Morgan fingerprint density at radius 1 is 1.41 bits per heavy atom. The molecule has 3 heteroatoms. The van der Waals surface area contributed by atoms with Crippen molar-refractivity contribution in [3.8, 4) is 12.3 Å². The number of terminal acetylenes is 1. The van der Waals surface area contributed by atoms with Crippen LogP contribution in [0, 0.1) is 12.3 Å². The Morgan fingerprint density at radius 3 is 2.47 bits per heavy atom. The van der Waals surface area contributed by atoms with Gasteiger partial charge in [0, 0.05) is 19.0 Å². The van der Waals surface area contributed by atoms with Crippen molar-refractivity contribution >= 4 is 6.09 Å². The first-order valence-corrected chi connectivity index (χ1v) is 6.37. The summed E-state index contributed by atoms with van der Waals surface area (Å²) < 4.78 is 5.43. The number of ether oxygens (including phenoxy) is 1. The fourth-order valence-corrected chi connectivity index (χ4v) is 2.14. The van der Waals surface area contributed by atoms with E-state index in [4.69, 9.17) is 11.2 Å². The molecular weight excluding hydrogens is 214 g/mol.